The molecule has 0 aromatic rings. The second-order valence-corrected chi connectivity index (χ2v) is 6.95. The van der Waals surface area contributed by atoms with Crippen molar-refractivity contribution in [3.8, 4) is 6.07 Å². The van der Waals surface area contributed by atoms with Crippen LogP contribution in [0.1, 0.15) is 52.4 Å². The molecule has 0 aromatic carbocycles. The van der Waals surface area contributed by atoms with Crippen molar-refractivity contribution in [1.82, 2.24) is 9.80 Å². The van der Waals surface area contributed by atoms with Gasteiger partial charge in [-0.2, -0.15) is 5.26 Å². The highest BCUT2D eigenvalue weighted by Crippen LogP contribution is 2.23. The van der Waals surface area contributed by atoms with Crippen molar-refractivity contribution >= 4 is 0 Å². The molecule has 0 spiro atoms. The van der Waals surface area contributed by atoms with Crippen molar-refractivity contribution in [2.75, 3.05) is 26.2 Å². The van der Waals surface area contributed by atoms with Crippen LogP contribution in [0.3, 0.4) is 0 Å². The maximum atomic E-state index is 9.05. The van der Waals surface area contributed by atoms with Crippen LogP contribution in [0, 0.1) is 11.3 Å². The zero-order valence-electron chi connectivity index (χ0n) is 13.1. The summed E-state index contributed by atoms with van der Waals surface area (Å²) in [6, 6.07) is 3.41. The molecule has 0 bridgehead atoms. The van der Waals surface area contributed by atoms with Gasteiger partial charge in [0.05, 0.1) is 6.07 Å². The molecule has 2 heterocycles. The fourth-order valence-electron chi connectivity index (χ4n) is 3.76. The molecule has 0 radical (unpaired) electrons. The molecular formula is C16H30N4. The van der Waals surface area contributed by atoms with E-state index in [0.29, 0.717) is 6.04 Å². The minimum atomic E-state index is -0.691. The monoisotopic (exact) mass is 278 g/mol. The standard InChI is InChI=1S/C16H30N4/c1-14(12-16(2,18)13-17)19-10-6-15(7-11-19)20-8-4-3-5-9-20/h14-15H,3-12,18H2,1-2H3. The number of nitrogens with two attached hydrogens (primary N) is 1. The molecule has 114 valence electrons. The Morgan fingerprint density at radius 2 is 1.80 bits per heavy atom. The molecule has 2 fully saturated rings. The molecule has 4 heteroatoms. The van der Waals surface area contributed by atoms with Crippen LogP contribution in [-0.2, 0) is 0 Å². The summed E-state index contributed by atoms with van der Waals surface area (Å²) in [4.78, 5) is 5.22. The van der Waals surface area contributed by atoms with Gasteiger partial charge in [-0.1, -0.05) is 6.42 Å². The van der Waals surface area contributed by atoms with Crippen LogP contribution in [-0.4, -0.2) is 53.6 Å². The molecule has 2 aliphatic rings. The topological polar surface area (TPSA) is 56.3 Å². The van der Waals surface area contributed by atoms with E-state index in [-0.39, 0.29) is 0 Å². The SMILES string of the molecule is CC(CC(C)(N)C#N)N1CCC(N2CCCCC2)CC1. The van der Waals surface area contributed by atoms with Gasteiger partial charge in [0.2, 0.25) is 0 Å². The van der Waals surface area contributed by atoms with Crippen molar-refractivity contribution in [2.24, 2.45) is 5.73 Å². The van der Waals surface area contributed by atoms with E-state index in [0.717, 1.165) is 25.6 Å². The maximum absolute atomic E-state index is 9.05. The summed E-state index contributed by atoms with van der Waals surface area (Å²) in [5.41, 5.74) is 5.28. The van der Waals surface area contributed by atoms with Crippen LogP contribution in [0.2, 0.25) is 0 Å². The molecular weight excluding hydrogens is 248 g/mol. The average molecular weight is 278 g/mol. The number of piperidine rings is 2. The van der Waals surface area contributed by atoms with E-state index in [2.05, 4.69) is 22.8 Å². The lowest BCUT2D eigenvalue weighted by Crippen LogP contribution is -2.50. The second kappa shape index (κ2) is 6.89. The molecule has 2 saturated heterocycles. The largest absolute Gasteiger partial charge is 0.314 e. The molecule has 2 aliphatic heterocycles. The minimum absolute atomic E-state index is 0.409. The Balaban J connectivity index is 1.77. The van der Waals surface area contributed by atoms with E-state index in [1.807, 2.05) is 6.92 Å². The first-order valence-corrected chi connectivity index (χ1v) is 8.20. The van der Waals surface area contributed by atoms with E-state index in [1.165, 1.54) is 45.2 Å². The average Bonchev–Trinajstić information content (AvgIpc) is 2.48. The fourth-order valence-corrected chi connectivity index (χ4v) is 3.76. The molecule has 2 atom stereocenters. The summed E-state index contributed by atoms with van der Waals surface area (Å²) in [6.07, 6.45) is 7.48. The van der Waals surface area contributed by atoms with Crippen LogP contribution in [0.5, 0.6) is 0 Å². The Morgan fingerprint density at radius 3 is 2.35 bits per heavy atom. The van der Waals surface area contributed by atoms with E-state index < -0.39 is 5.54 Å². The van der Waals surface area contributed by atoms with Gasteiger partial charge in [-0.3, -0.25) is 0 Å². The smallest absolute Gasteiger partial charge is 0.102 e. The predicted octanol–water partition coefficient (Wildman–Crippen LogP) is 1.96. The summed E-state index contributed by atoms with van der Waals surface area (Å²) >= 11 is 0. The third kappa shape index (κ3) is 4.18. The number of hydrogen-bond acceptors (Lipinski definition) is 4. The van der Waals surface area contributed by atoms with Gasteiger partial charge >= 0.3 is 0 Å². The van der Waals surface area contributed by atoms with Crippen LogP contribution in [0.15, 0.2) is 0 Å². The fraction of sp³-hybridized carbons (Fsp3) is 0.938. The molecule has 2 N–H and O–H groups in total. The second-order valence-electron chi connectivity index (χ2n) is 6.95. The lowest BCUT2D eigenvalue weighted by Gasteiger charge is -2.42. The molecule has 20 heavy (non-hydrogen) atoms. The minimum Gasteiger partial charge on any atom is -0.314 e. The molecule has 4 nitrogen and oxygen atoms in total. The van der Waals surface area contributed by atoms with E-state index in [9.17, 15) is 0 Å². The van der Waals surface area contributed by atoms with Gasteiger partial charge in [0.15, 0.2) is 0 Å². The molecule has 0 saturated carbocycles. The van der Waals surface area contributed by atoms with Crippen molar-refractivity contribution < 1.29 is 0 Å². The summed E-state index contributed by atoms with van der Waals surface area (Å²) in [6.45, 7) is 8.96. The van der Waals surface area contributed by atoms with Gasteiger partial charge < -0.3 is 15.5 Å². The molecule has 0 aliphatic carbocycles. The van der Waals surface area contributed by atoms with Gasteiger partial charge in [-0.25, -0.2) is 0 Å². The molecule has 2 rings (SSSR count). The number of nitriles is 1. The van der Waals surface area contributed by atoms with Crippen LogP contribution in [0.4, 0.5) is 0 Å². The Labute approximate surface area is 123 Å². The van der Waals surface area contributed by atoms with Gasteiger partial charge in [-0.05, 0) is 72.1 Å². The maximum Gasteiger partial charge on any atom is 0.102 e. The highest BCUT2D eigenvalue weighted by molar-refractivity contribution is 5.03. The first kappa shape index (κ1) is 15.8. The zero-order valence-corrected chi connectivity index (χ0v) is 13.1. The quantitative estimate of drug-likeness (QED) is 0.854. The Kier molecular flexibility index (Phi) is 5.42. The lowest BCUT2D eigenvalue weighted by molar-refractivity contribution is 0.0709. The van der Waals surface area contributed by atoms with Crippen LogP contribution >= 0.6 is 0 Å². The van der Waals surface area contributed by atoms with Gasteiger partial charge in [0.1, 0.15) is 5.54 Å². The van der Waals surface area contributed by atoms with Crippen LogP contribution in [0.25, 0.3) is 0 Å². The van der Waals surface area contributed by atoms with Gasteiger partial charge in [0, 0.05) is 12.1 Å². The normalized spacial score (nSPS) is 27.7. The number of rotatable bonds is 4. The predicted molar refractivity (Wildman–Crippen MR) is 82.3 cm³/mol. The zero-order chi connectivity index (χ0) is 14.6. The third-order valence-electron chi connectivity index (χ3n) is 5.00. The first-order valence-electron chi connectivity index (χ1n) is 8.20. The Hall–Kier alpha value is -0.630. The van der Waals surface area contributed by atoms with E-state index in [1.54, 1.807) is 0 Å². The number of nitrogens with zero attached hydrogens (tertiary/aromatic N) is 3. The summed E-state index contributed by atoms with van der Waals surface area (Å²) in [5.74, 6) is 0. The van der Waals surface area contributed by atoms with Crippen molar-refractivity contribution in [3.05, 3.63) is 0 Å². The molecule has 2 unspecified atom stereocenters. The van der Waals surface area contributed by atoms with Gasteiger partial charge in [0.25, 0.3) is 0 Å². The van der Waals surface area contributed by atoms with Crippen molar-refractivity contribution in [3.63, 3.8) is 0 Å². The van der Waals surface area contributed by atoms with Crippen molar-refractivity contribution in [1.29, 1.82) is 5.26 Å². The Morgan fingerprint density at radius 1 is 1.20 bits per heavy atom. The summed E-state index contributed by atoms with van der Waals surface area (Å²) in [7, 11) is 0. The summed E-state index contributed by atoms with van der Waals surface area (Å²) < 4.78 is 0. The highest BCUT2D eigenvalue weighted by atomic mass is 15.2. The number of hydrogen-bond donors (Lipinski definition) is 1. The first-order chi connectivity index (χ1) is 9.52. The van der Waals surface area contributed by atoms with Crippen molar-refractivity contribution in [2.45, 2.75) is 70.0 Å². The molecule has 0 amide bonds. The molecule has 0 aromatic heterocycles. The highest BCUT2D eigenvalue weighted by Gasteiger charge is 2.30. The van der Waals surface area contributed by atoms with E-state index in [4.69, 9.17) is 11.0 Å². The lowest BCUT2D eigenvalue weighted by atomic mass is 9.93. The Bertz CT molecular complexity index is 333. The summed E-state index contributed by atoms with van der Waals surface area (Å²) in [5, 5.41) is 9.05. The van der Waals surface area contributed by atoms with E-state index >= 15 is 0 Å². The number of likely N-dealkylation sites (tertiary alicyclic amines) is 2. The third-order valence-corrected chi connectivity index (χ3v) is 5.00. The van der Waals surface area contributed by atoms with Crippen LogP contribution < -0.4 is 5.73 Å². The van der Waals surface area contributed by atoms with Gasteiger partial charge in [-0.15, -0.1) is 0 Å².